The highest BCUT2D eigenvalue weighted by atomic mass is 19.1. The number of aryl methyl sites for hydroxylation is 1. The van der Waals surface area contributed by atoms with Gasteiger partial charge in [-0.15, -0.1) is 0 Å². The Balaban J connectivity index is 1.89. The van der Waals surface area contributed by atoms with Crippen LogP contribution in [-0.4, -0.2) is 27.0 Å². The molecule has 1 N–H and O–H groups in total. The highest BCUT2D eigenvalue weighted by Crippen LogP contribution is 2.29. The third-order valence-corrected chi connectivity index (χ3v) is 4.96. The van der Waals surface area contributed by atoms with Gasteiger partial charge >= 0.3 is 0 Å². The molecule has 0 aromatic carbocycles. The highest BCUT2D eigenvalue weighted by molar-refractivity contribution is 5.64. The topological polar surface area (TPSA) is 42.7 Å². The quantitative estimate of drug-likeness (QED) is 0.878. The minimum Gasteiger partial charge on any atom is -0.308 e. The third kappa shape index (κ3) is 3.73. The van der Waals surface area contributed by atoms with Gasteiger partial charge in [0.15, 0.2) is 0 Å². The van der Waals surface area contributed by atoms with Gasteiger partial charge in [-0.05, 0) is 58.6 Å². The van der Waals surface area contributed by atoms with Gasteiger partial charge in [0.05, 0.1) is 17.1 Å². The zero-order valence-corrected chi connectivity index (χ0v) is 15.3. The number of rotatable bonds is 5. The van der Waals surface area contributed by atoms with Gasteiger partial charge in [0.1, 0.15) is 12.0 Å². The maximum absolute atomic E-state index is 14.0. The lowest BCUT2D eigenvalue weighted by atomic mass is 10.1. The van der Waals surface area contributed by atoms with E-state index in [9.17, 15) is 8.78 Å². The van der Waals surface area contributed by atoms with Crippen molar-refractivity contribution in [3.8, 4) is 11.3 Å². The van der Waals surface area contributed by atoms with Crippen molar-refractivity contribution in [3.05, 3.63) is 35.0 Å². The van der Waals surface area contributed by atoms with Gasteiger partial charge < -0.3 is 5.32 Å². The lowest BCUT2D eigenvalue weighted by Gasteiger charge is -2.12. The van der Waals surface area contributed by atoms with Crippen molar-refractivity contribution in [2.24, 2.45) is 0 Å². The molecule has 0 aliphatic heterocycles. The maximum Gasteiger partial charge on any atom is 0.145 e. The predicted molar refractivity (Wildman–Crippen MR) is 94.6 cm³/mol. The van der Waals surface area contributed by atoms with Crippen molar-refractivity contribution in [2.45, 2.75) is 71.8 Å². The molecule has 25 heavy (non-hydrogen) atoms. The number of halogens is 2. The van der Waals surface area contributed by atoms with E-state index in [2.05, 4.69) is 24.1 Å². The number of nitrogens with zero attached hydrogens (tertiary/aromatic N) is 3. The van der Waals surface area contributed by atoms with Gasteiger partial charge in [-0.25, -0.2) is 8.78 Å². The van der Waals surface area contributed by atoms with E-state index < -0.39 is 6.17 Å². The molecule has 2 heterocycles. The second-order valence-electron chi connectivity index (χ2n) is 7.24. The summed E-state index contributed by atoms with van der Waals surface area (Å²) in [6, 6.07) is 1.88. The van der Waals surface area contributed by atoms with Crippen molar-refractivity contribution < 1.29 is 8.78 Å². The molecule has 2 atom stereocenters. The van der Waals surface area contributed by atoms with E-state index in [4.69, 9.17) is 5.10 Å². The number of hydrogen-bond acceptors (Lipinski definition) is 3. The smallest absolute Gasteiger partial charge is 0.145 e. The van der Waals surface area contributed by atoms with Gasteiger partial charge in [0.25, 0.3) is 0 Å². The molecule has 4 nitrogen and oxygen atoms in total. The Hall–Kier alpha value is -1.82. The largest absolute Gasteiger partial charge is 0.308 e. The summed E-state index contributed by atoms with van der Waals surface area (Å²) < 4.78 is 29.2. The molecule has 1 fully saturated rings. The summed E-state index contributed by atoms with van der Waals surface area (Å²) in [4.78, 5) is 4.15. The van der Waals surface area contributed by atoms with E-state index in [-0.39, 0.29) is 17.9 Å². The summed E-state index contributed by atoms with van der Waals surface area (Å²) in [5.41, 5.74) is 3.96. The summed E-state index contributed by atoms with van der Waals surface area (Å²) in [6.45, 7) is 8.35. The molecular weight excluding hydrogens is 322 g/mol. The number of hydrogen-bond donors (Lipinski definition) is 1. The zero-order valence-electron chi connectivity index (χ0n) is 15.3. The van der Waals surface area contributed by atoms with E-state index in [1.165, 1.54) is 6.07 Å². The summed E-state index contributed by atoms with van der Waals surface area (Å²) in [6.07, 6.45) is 3.08. The second-order valence-corrected chi connectivity index (χ2v) is 7.24. The first-order valence-electron chi connectivity index (χ1n) is 8.94. The van der Waals surface area contributed by atoms with Crippen LogP contribution in [0.4, 0.5) is 8.78 Å². The summed E-state index contributed by atoms with van der Waals surface area (Å²) in [7, 11) is 0. The first kappa shape index (κ1) is 18.0. The maximum atomic E-state index is 14.0. The average molecular weight is 348 g/mol. The fourth-order valence-electron chi connectivity index (χ4n) is 3.44. The van der Waals surface area contributed by atoms with Gasteiger partial charge in [0.2, 0.25) is 0 Å². The van der Waals surface area contributed by atoms with Gasteiger partial charge in [-0.1, -0.05) is 0 Å². The normalized spacial score (nSPS) is 20.6. The molecule has 0 unspecified atom stereocenters. The predicted octanol–water partition coefficient (Wildman–Crippen LogP) is 4.26. The first-order chi connectivity index (χ1) is 11.9. The number of pyridine rings is 1. The minimum absolute atomic E-state index is 0.147. The third-order valence-electron chi connectivity index (χ3n) is 4.96. The highest BCUT2D eigenvalue weighted by Gasteiger charge is 2.25. The van der Waals surface area contributed by atoms with Crippen LogP contribution in [0.2, 0.25) is 0 Å². The van der Waals surface area contributed by atoms with E-state index in [0.29, 0.717) is 25.1 Å². The van der Waals surface area contributed by atoms with E-state index in [1.807, 2.05) is 11.6 Å². The van der Waals surface area contributed by atoms with Crippen molar-refractivity contribution in [3.63, 3.8) is 0 Å². The number of alkyl halides is 1. The van der Waals surface area contributed by atoms with Gasteiger partial charge in [-0.3, -0.25) is 9.67 Å². The molecule has 0 saturated heterocycles. The van der Waals surface area contributed by atoms with Crippen molar-refractivity contribution in [2.75, 3.05) is 0 Å². The molecule has 1 saturated carbocycles. The Morgan fingerprint density at radius 3 is 2.68 bits per heavy atom. The Kier molecular flexibility index (Phi) is 5.18. The number of nitrogens with one attached hydrogen (secondary N) is 1. The van der Waals surface area contributed by atoms with Crippen LogP contribution >= 0.6 is 0 Å². The van der Waals surface area contributed by atoms with Crippen LogP contribution in [0.25, 0.3) is 11.3 Å². The molecule has 0 amide bonds. The first-order valence-corrected chi connectivity index (χ1v) is 8.94. The molecule has 2 aromatic heterocycles. The van der Waals surface area contributed by atoms with E-state index in [0.717, 1.165) is 28.9 Å². The molecule has 0 radical (unpaired) electrons. The average Bonchev–Trinajstić information content (AvgIpc) is 3.12. The molecule has 2 aromatic rings. The van der Waals surface area contributed by atoms with Crippen LogP contribution in [-0.2, 0) is 6.54 Å². The van der Waals surface area contributed by atoms with Crippen LogP contribution in [0.1, 0.15) is 56.1 Å². The second kappa shape index (κ2) is 7.20. The van der Waals surface area contributed by atoms with Crippen LogP contribution in [0.15, 0.2) is 12.3 Å². The lowest BCUT2D eigenvalue weighted by molar-refractivity contribution is 0.333. The Morgan fingerprint density at radius 1 is 1.32 bits per heavy atom. The summed E-state index contributed by atoms with van der Waals surface area (Å²) in [5, 5.41) is 8.14. The Labute approximate surface area is 147 Å². The standard InChI is InChI=1S/C19H26F2N4/c1-11(2)25-19(14-7-17(21)13(4)22-9-14)12(3)18(24-25)10-23-16-6-5-15(20)8-16/h7,9,11,15-16,23H,5-6,8,10H2,1-4H3/t15-,16+/m1/s1. The monoisotopic (exact) mass is 348 g/mol. The van der Waals surface area contributed by atoms with E-state index in [1.54, 1.807) is 13.1 Å². The molecule has 0 spiro atoms. The van der Waals surface area contributed by atoms with Crippen molar-refractivity contribution >= 4 is 0 Å². The molecule has 136 valence electrons. The summed E-state index contributed by atoms with van der Waals surface area (Å²) in [5.74, 6) is -0.312. The molecule has 6 heteroatoms. The molecule has 0 bridgehead atoms. The van der Waals surface area contributed by atoms with Crippen LogP contribution in [0, 0.1) is 19.7 Å². The molecule has 1 aliphatic carbocycles. The van der Waals surface area contributed by atoms with Crippen LogP contribution < -0.4 is 5.32 Å². The fourth-order valence-corrected chi connectivity index (χ4v) is 3.44. The van der Waals surface area contributed by atoms with Crippen LogP contribution in [0.3, 0.4) is 0 Å². The SMILES string of the molecule is Cc1ncc(-c2c(C)c(CN[C@H]3CC[C@@H](F)C3)nn2C(C)C)cc1F. The number of aromatic nitrogens is 3. The Morgan fingerprint density at radius 2 is 2.08 bits per heavy atom. The van der Waals surface area contributed by atoms with Gasteiger partial charge in [-0.2, -0.15) is 5.10 Å². The lowest BCUT2D eigenvalue weighted by Crippen LogP contribution is -2.26. The Bertz CT molecular complexity index is 754. The van der Waals surface area contributed by atoms with Crippen molar-refractivity contribution in [1.82, 2.24) is 20.1 Å². The molecular formula is C19H26F2N4. The van der Waals surface area contributed by atoms with Crippen LogP contribution in [0.5, 0.6) is 0 Å². The summed E-state index contributed by atoms with van der Waals surface area (Å²) >= 11 is 0. The minimum atomic E-state index is -0.691. The van der Waals surface area contributed by atoms with Crippen molar-refractivity contribution in [1.29, 1.82) is 0 Å². The fraction of sp³-hybridized carbons (Fsp3) is 0.579. The molecule has 1 aliphatic rings. The zero-order chi connectivity index (χ0) is 18.1. The van der Waals surface area contributed by atoms with Gasteiger partial charge in [0, 0.05) is 30.4 Å². The molecule has 3 rings (SSSR count). The van der Waals surface area contributed by atoms with E-state index >= 15 is 0 Å².